The van der Waals surface area contributed by atoms with Gasteiger partial charge in [0.05, 0.1) is 29.4 Å². The quantitative estimate of drug-likeness (QED) is 0.584. The van der Waals surface area contributed by atoms with Crippen molar-refractivity contribution in [1.29, 1.82) is 0 Å². The fourth-order valence-electron chi connectivity index (χ4n) is 2.98. The molecule has 0 saturated heterocycles. The highest BCUT2D eigenvalue weighted by atomic mass is 35.5. The van der Waals surface area contributed by atoms with Crippen molar-refractivity contribution in [2.24, 2.45) is 0 Å². The molecule has 0 saturated carbocycles. The summed E-state index contributed by atoms with van der Waals surface area (Å²) in [5, 5.41) is 11.3. The zero-order valence-corrected chi connectivity index (χ0v) is 15.1. The SMILES string of the molecule is CCOc1c(Cl)cc(C(=O)N2CCc3ccc([N+](=O)[O-])cc32)cc1OC. The predicted molar refractivity (Wildman–Crippen MR) is 97.6 cm³/mol. The lowest BCUT2D eigenvalue weighted by Gasteiger charge is -2.19. The molecule has 2 aromatic carbocycles. The number of nitro benzene ring substituents is 1. The summed E-state index contributed by atoms with van der Waals surface area (Å²) in [7, 11) is 1.47. The molecule has 0 bridgehead atoms. The van der Waals surface area contributed by atoms with Crippen molar-refractivity contribution in [3.63, 3.8) is 0 Å². The molecule has 2 aromatic rings. The van der Waals surface area contributed by atoms with Gasteiger partial charge in [-0.15, -0.1) is 0 Å². The van der Waals surface area contributed by atoms with Crippen LogP contribution in [-0.2, 0) is 6.42 Å². The number of benzene rings is 2. The Morgan fingerprint density at radius 3 is 2.77 bits per heavy atom. The highest BCUT2D eigenvalue weighted by Gasteiger charge is 2.28. The van der Waals surface area contributed by atoms with Crippen LogP contribution in [0.15, 0.2) is 30.3 Å². The minimum absolute atomic E-state index is 0.0502. The zero-order chi connectivity index (χ0) is 18.8. The number of ether oxygens (including phenoxy) is 2. The molecule has 0 radical (unpaired) electrons. The first kappa shape index (κ1) is 18.0. The van der Waals surface area contributed by atoms with Gasteiger partial charge in [-0.25, -0.2) is 0 Å². The van der Waals surface area contributed by atoms with Crippen molar-refractivity contribution < 1.29 is 19.2 Å². The number of fused-ring (bicyclic) bond motifs is 1. The van der Waals surface area contributed by atoms with Gasteiger partial charge >= 0.3 is 0 Å². The molecule has 1 heterocycles. The lowest BCUT2D eigenvalue weighted by molar-refractivity contribution is -0.384. The van der Waals surface area contributed by atoms with Crippen LogP contribution in [0.25, 0.3) is 0 Å². The Labute approximate surface area is 155 Å². The summed E-state index contributed by atoms with van der Waals surface area (Å²) in [6.45, 7) is 2.68. The van der Waals surface area contributed by atoms with Gasteiger partial charge in [-0.1, -0.05) is 17.7 Å². The van der Waals surface area contributed by atoms with Gasteiger partial charge in [-0.3, -0.25) is 14.9 Å². The van der Waals surface area contributed by atoms with Crippen LogP contribution in [0.1, 0.15) is 22.8 Å². The topological polar surface area (TPSA) is 81.9 Å². The molecule has 7 nitrogen and oxygen atoms in total. The molecule has 8 heteroatoms. The lowest BCUT2D eigenvalue weighted by atomic mass is 10.1. The Morgan fingerprint density at radius 2 is 2.12 bits per heavy atom. The number of nitrogens with zero attached hydrogens (tertiary/aromatic N) is 2. The summed E-state index contributed by atoms with van der Waals surface area (Å²) in [6, 6.07) is 7.64. The van der Waals surface area contributed by atoms with Crippen LogP contribution in [0.5, 0.6) is 11.5 Å². The molecule has 0 unspecified atom stereocenters. The van der Waals surface area contributed by atoms with E-state index in [-0.39, 0.29) is 16.6 Å². The molecule has 0 atom stereocenters. The van der Waals surface area contributed by atoms with Crippen LogP contribution in [0.4, 0.5) is 11.4 Å². The van der Waals surface area contributed by atoms with E-state index < -0.39 is 4.92 Å². The summed E-state index contributed by atoms with van der Waals surface area (Å²) in [5.41, 5.74) is 1.72. The van der Waals surface area contributed by atoms with Crippen molar-refractivity contribution in [1.82, 2.24) is 0 Å². The van der Waals surface area contributed by atoms with E-state index >= 15 is 0 Å². The molecule has 136 valence electrons. The third-order valence-electron chi connectivity index (χ3n) is 4.19. The highest BCUT2D eigenvalue weighted by Crippen LogP contribution is 2.38. The van der Waals surface area contributed by atoms with E-state index in [4.69, 9.17) is 21.1 Å². The first-order valence-corrected chi connectivity index (χ1v) is 8.43. The molecule has 3 rings (SSSR count). The van der Waals surface area contributed by atoms with Gasteiger partial charge in [-0.05, 0) is 31.0 Å². The number of carbonyl (C=O) groups is 1. The fourth-order valence-corrected chi connectivity index (χ4v) is 3.24. The number of hydrogen-bond donors (Lipinski definition) is 0. The van der Waals surface area contributed by atoms with E-state index in [2.05, 4.69) is 0 Å². The largest absolute Gasteiger partial charge is 0.493 e. The van der Waals surface area contributed by atoms with Gasteiger partial charge in [-0.2, -0.15) is 0 Å². The van der Waals surface area contributed by atoms with Crippen molar-refractivity contribution >= 4 is 28.9 Å². The second-order valence-corrected chi connectivity index (χ2v) is 6.11. The Hall–Kier alpha value is -2.80. The van der Waals surface area contributed by atoms with E-state index in [0.29, 0.717) is 42.3 Å². The first-order chi connectivity index (χ1) is 12.5. The number of nitro groups is 1. The number of amides is 1. The molecule has 26 heavy (non-hydrogen) atoms. The van der Waals surface area contributed by atoms with Gasteiger partial charge in [0.25, 0.3) is 11.6 Å². The maximum absolute atomic E-state index is 13.0. The van der Waals surface area contributed by atoms with Crippen LogP contribution in [0.2, 0.25) is 5.02 Å². The average molecular weight is 377 g/mol. The maximum atomic E-state index is 13.0. The Bertz CT molecular complexity index is 884. The molecule has 1 aliphatic rings. The minimum Gasteiger partial charge on any atom is -0.493 e. The second kappa shape index (κ2) is 7.21. The van der Waals surface area contributed by atoms with Crippen LogP contribution >= 0.6 is 11.6 Å². The highest BCUT2D eigenvalue weighted by molar-refractivity contribution is 6.32. The predicted octanol–water partition coefficient (Wildman–Crippen LogP) is 3.86. The van der Waals surface area contributed by atoms with Crippen molar-refractivity contribution in [3.8, 4) is 11.5 Å². The van der Waals surface area contributed by atoms with E-state index in [9.17, 15) is 14.9 Å². The van der Waals surface area contributed by atoms with Gasteiger partial charge in [0, 0.05) is 24.2 Å². The minimum atomic E-state index is -0.474. The average Bonchev–Trinajstić information content (AvgIpc) is 3.05. The number of non-ortho nitro benzene ring substituents is 1. The summed E-state index contributed by atoms with van der Waals surface area (Å²) >= 11 is 6.24. The number of carbonyl (C=O) groups excluding carboxylic acids is 1. The van der Waals surface area contributed by atoms with Crippen molar-refractivity contribution in [2.45, 2.75) is 13.3 Å². The molecule has 0 aromatic heterocycles. The molecule has 0 N–H and O–H groups in total. The first-order valence-electron chi connectivity index (χ1n) is 8.05. The maximum Gasteiger partial charge on any atom is 0.271 e. The van der Waals surface area contributed by atoms with Crippen LogP contribution in [-0.4, -0.2) is 31.1 Å². The Kier molecular flexibility index (Phi) is 4.99. The molecule has 0 spiro atoms. The van der Waals surface area contributed by atoms with E-state index in [1.807, 2.05) is 6.92 Å². The second-order valence-electron chi connectivity index (χ2n) is 5.70. The standard InChI is InChI=1S/C18H17ClN2O5/c1-3-26-17-14(19)8-12(9-16(17)25-2)18(22)20-7-6-11-4-5-13(21(23)24)10-15(11)20/h4-5,8-10H,3,6-7H2,1-2H3. The Morgan fingerprint density at radius 1 is 1.35 bits per heavy atom. The van der Waals surface area contributed by atoms with Crippen LogP contribution < -0.4 is 14.4 Å². The summed E-state index contributed by atoms with van der Waals surface area (Å²) in [4.78, 5) is 25.1. The normalized spacial score (nSPS) is 12.7. The van der Waals surface area contributed by atoms with Gasteiger partial charge in [0.1, 0.15) is 0 Å². The van der Waals surface area contributed by atoms with Crippen molar-refractivity contribution in [2.75, 3.05) is 25.2 Å². The van der Waals surface area contributed by atoms with Crippen LogP contribution in [0, 0.1) is 10.1 Å². The number of methoxy groups -OCH3 is 1. The number of rotatable bonds is 5. The lowest BCUT2D eigenvalue weighted by Crippen LogP contribution is -2.29. The summed E-state index contributed by atoms with van der Waals surface area (Å²) in [6.07, 6.45) is 0.640. The summed E-state index contributed by atoms with van der Waals surface area (Å²) < 4.78 is 10.7. The molecule has 0 aliphatic carbocycles. The molecule has 0 fully saturated rings. The number of halogens is 1. The molecule has 1 aliphatic heterocycles. The fraction of sp³-hybridized carbons (Fsp3) is 0.278. The van der Waals surface area contributed by atoms with Crippen molar-refractivity contribution in [3.05, 3.63) is 56.6 Å². The zero-order valence-electron chi connectivity index (χ0n) is 14.3. The van der Waals surface area contributed by atoms with E-state index in [1.54, 1.807) is 12.1 Å². The van der Waals surface area contributed by atoms with E-state index in [0.717, 1.165) is 5.56 Å². The molecular weight excluding hydrogens is 360 g/mol. The Balaban J connectivity index is 1.98. The van der Waals surface area contributed by atoms with Crippen LogP contribution in [0.3, 0.4) is 0 Å². The molecule has 1 amide bonds. The third kappa shape index (κ3) is 3.17. The van der Waals surface area contributed by atoms with Gasteiger partial charge in [0.15, 0.2) is 11.5 Å². The number of hydrogen-bond acceptors (Lipinski definition) is 5. The number of anilines is 1. The third-order valence-corrected chi connectivity index (χ3v) is 4.47. The van der Waals surface area contributed by atoms with E-state index in [1.165, 1.54) is 30.2 Å². The summed E-state index contributed by atoms with van der Waals surface area (Å²) in [5.74, 6) is 0.444. The molecular formula is C18H17ClN2O5. The monoisotopic (exact) mass is 376 g/mol. The smallest absolute Gasteiger partial charge is 0.271 e. The van der Waals surface area contributed by atoms with Gasteiger partial charge in [0.2, 0.25) is 0 Å². The van der Waals surface area contributed by atoms with Gasteiger partial charge < -0.3 is 14.4 Å².